The van der Waals surface area contributed by atoms with Crippen molar-refractivity contribution in [1.82, 2.24) is 5.32 Å². The molecule has 19 heavy (non-hydrogen) atoms. The van der Waals surface area contributed by atoms with Crippen molar-refractivity contribution < 1.29 is 9.53 Å². The summed E-state index contributed by atoms with van der Waals surface area (Å²) in [6, 6.07) is 5.49. The number of nitrogens with one attached hydrogen (secondary N) is 2. The zero-order valence-electron chi connectivity index (χ0n) is 11.8. The van der Waals surface area contributed by atoms with Crippen LogP contribution in [-0.4, -0.2) is 26.6 Å². The molecule has 0 fully saturated rings. The summed E-state index contributed by atoms with van der Waals surface area (Å²) in [5.41, 5.74) is 0.763. The van der Waals surface area contributed by atoms with Crippen LogP contribution >= 0.6 is 15.9 Å². The standard InChI is InChI=1S/C14H21BrN2O2/c1-9(2)11(8-16-3)14(18)17-10-5-6-13(19-4)12(15)7-10/h5-7,9,11,16H,8H2,1-4H3,(H,17,18). The van der Waals surface area contributed by atoms with Crippen LogP contribution < -0.4 is 15.4 Å². The van der Waals surface area contributed by atoms with Gasteiger partial charge >= 0.3 is 0 Å². The number of ether oxygens (including phenoxy) is 1. The minimum atomic E-state index is -0.0501. The molecule has 1 unspecified atom stereocenters. The Balaban J connectivity index is 2.78. The van der Waals surface area contributed by atoms with E-state index in [-0.39, 0.29) is 17.7 Å². The average molecular weight is 329 g/mol. The van der Waals surface area contributed by atoms with Crippen LogP contribution in [0.2, 0.25) is 0 Å². The van der Waals surface area contributed by atoms with E-state index in [9.17, 15) is 4.79 Å². The molecule has 1 amide bonds. The number of hydrogen-bond donors (Lipinski definition) is 2. The molecule has 0 aliphatic rings. The van der Waals surface area contributed by atoms with E-state index >= 15 is 0 Å². The van der Waals surface area contributed by atoms with Gasteiger partial charge in [0.05, 0.1) is 17.5 Å². The van der Waals surface area contributed by atoms with Gasteiger partial charge < -0.3 is 15.4 Å². The summed E-state index contributed by atoms with van der Waals surface area (Å²) in [6.07, 6.45) is 0. The third-order valence-corrected chi connectivity index (χ3v) is 3.60. The lowest BCUT2D eigenvalue weighted by atomic mass is 9.95. The van der Waals surface area contributed by atoms with Crippen molar-refractivity contribution in [2.75, 3.05) is 26.0 Å². The van der Waals surface area contributed by atoms with Crippen LogP contribution in [0.5, 0.6) is 5.75 Å². The molecule has 0 aliphatic carbocycles. The average Bonchev–Trinajstić information content (AvgIpc) is 2.35. The lowest BCUT2D eigenvalue weighted by Gasteiger charge is -2.20. The van der Waals surface area contributed by atoms with Crippen molar-refractivity contribution in [2.24, 2.45) is 11.8 Å². The van der Waals surface area contributed by atoms with Gasteiger partial charge in [0.2, 0.25) is 5.91 Å². The smallest absolute Gasteiger partial charge is 0.229 e. The Morgan fingerprint density at radius 3 is 2.58 bits per heavy atom. The first-order chi connectivity index (χ1) is 8.99. The first kappa shape index (κ1) is 16.0. The minimum Gasteiger partial charge on any atom is -0.496 e. The Kier molecular flexibility index (Phi) is 6.31. The first-order valence-electron chi connectivity index (χ1n) is 6.28. The van der Waals surface area contributed by atoms with Gasteiger partial charge in [0.1, 0.15) is 5.75 Å². The van der Waals surface area contributed by atoms with E-state index in [0.29, 0.717) is 6.54 Å². The molecule has 0 saturated heterocycles. The van der Waals surface area contributed by atoms with Gasteiger partial charge in [-0.15, -0.1) is 0 Å². The molecule has 2 N–H and O–H groups in total. The Bertz CT molecular complexity index is 435. The van der Waals surface area contributed by atoms with Gasteiger partial charge in [-0.3, -0.25) is 4.79 Å². The van der Waals surface area contributed by atoms with E-state index in [2.05, 4.69) is 26.6 Å². The molecule has 5 heteroatoms. The van der Waals surface area contributed by atoms with E-state index in [1.54, 1.807) is 7.11 Å². The molecular formula is C14H21BrN2O2. The van der Waals surface area contributed by atoms with Crippen LogP contribution in [0.4, 0.5) is 5.69 Å². The maximum Gasteiger partial charge on any atom is 0.229 e. The topological polar surface area (TPSA) is 50.4 Å². The quantitative estimate of drug-likeness (QED) is 0.844. The van der Waals surface area contributed by atoms with Gasteiger partial charge in [0.25, 0.3) is 0 Å². The highest BCUT2D eigenvalue weighted by atomic mass is 79.9. The lowest BCUT2D eigenvalue weighted by molar-refractivity contribution is -0.120. The van der Waals surface area contributed by atoms with E-state index in [4.69, 9.17) is 4.74 Å². The van der Waals surface area contributed by atoms with Crippen LogP contribution in [0.25, 0.3) is 0 Å². The van der Waals surface area contributed by atoms with Gasteiger partial charge in [-0.25, -0.2) is 0 Å². The molecule has 1 aromatic carbocycles. The number of amides is 1. The van der Waals surface area contributed by atoms with Crippen molar-refractivity contribution in [3.05, 3.63) is 22.7 Å². The maximum absolute atomic E-state index is 12.2. The Labute approximate surface area is 123 Å². The zero-order valence-corrected chi connectivity index (χ0v) is 13.4. The minimum absolute atomic E-state index is 0.0291. The van der Waals surface area contributed by atoms with E-state index in [0.717, 1.165) is 15.9 Å². The molecule has 1 atom stereocenters. The Hall–Kier alpha value is -1.07. The van der Waals surface area contributed by atoms with E-state index < -0.39 is 0 Å². The van der Waals surface area contributed by atoms with Crippen molar-refractivity contribution in [2.45, 2.75) is 13.8 Å². The van der Waals surface area contributed by atoms with Gasteiger partial charge in [0, 0.05) is 12.2 Å². The number of hydrogen-bond acceptors (Lipinski definition) is 3. The van der Waals surface area contributed by atoms with Crippen molar-refractivity contribution in [3.63, 3.8) is 0 Å². The van der Waals surface area contributed by atoms with Crippen LogP contribution in [-0.2, 0) is 4.79 Å². The maximum atomic E-state index is 12.2. The number of rotatable bonds is 6. The number of carbonyl (C=O) groups excluding carboxylic acids is 1. The van der Waals surface area contributed by atoms with Crippen molar-refractivity contribution >= 4 is 27.5 Å². The molecule has 106 valence electrons. The normalized spacial score (nSPS) is 12.3. The highest BCUT2D eigenvalue weighted by Gasteiger charge is 2.21. The summed E-state index contributed by atoms with van der Waals surface area (Å²) in [5.74, 6) is 1.01. The van der Waals surface area contributed by atoms with Gasteiger partial charge in [-0.05, 0) is 47.1 Å². The number of anilines is 1. The molecule has 0 aliphatic heterocycles. The second-order valence-electron chi connectivity index (χ2n) is 4.75. The number of halogens is 1. The molecule has 4 nitrogen and oxygen atoms in total. The van der Waals surface area contributed by atoms with Crippen LogP contribution in [0.3, 0.4) is 0 Å². The third-order valence-electron chi connectivity index (χ3n) is 2.98. The molecule has 0 radical (unpaired) electrons. The van der Waals surface area contributed by atoms with Crippen LogP contribution in [0, 0.1) is 11.8 Å². The lowest BCUT2D eigenvalue weighted by Crippen LogP contribution is -2.34. The molecular weight excluding hydrogens is 308 g/mol. The third kappa shape index (κ3) is 4.51. The summed E-state index contributed by atoms with van der Waals surface area (Å²) in [6.45, 7) is 4.76. The Morgan fingerprint density at radius 1 is 1.42 bits per heavy atom. The molecule has 0 aromatic heterocycles. The monoisotopic (exact) mass is 328 g/mol. The van der Waals surface area contributed by atoms with Gasteiger partial charge in [-0.1, -0.05) is 13.8 Å². The largest absolute Gasteiger partial charge is 0.496 e. The molecule has 1 rings (SSSR count). The first-order valence-corrected chi connectivity index (χ1v) is 7.08. The predicted octanol–water partition coefficient (Wildman–Crippen LogP) is 2.89. The Morgan fingerprint density at radius 2 is 2.11 bits per heavy atom. The van der Waals surface area contributed by atoms with Crippen LogP contribution in [0.1, 0.15) is 13.8 Å². The van der Waals surface area contributed by atoms with E-state index in [1.165, 1.54) is 0 Å². The molecule has 0 spiro atoms. The summed E-state index contributed by atoms with van der Waals surface area (Å²) in [4.78, 5) is 12.2. The second kappa shape index (κ2) is 7.50. The van der Waals surface area contributed by atoms with Crippen molar-refractivity contribution in [1.29, 1.82) is 0 Å². The van der Waals surface area contributed by atoms with Gasteiger partial charge in [-0.2, -0.15) is 0 Å². The summed E-state index contributed by atoms with van der Waals surface area (Å²) in [5, 5.41) is 5.99. The highest BCUT2D eigenvalue weighted by molar-refractivity contribution is 9.10. The van der Waals surface area contributed by atoms with Crippen LogP contribution in [0.15, 0.2) is 22.7 Å². The zero-order chi connectivity index (χ0) is 14.4. The predicted molar refractivity (Wildman–Crippen MR) is 81.6 cm³/mol. The number of benzene rings is 1. The fourth-order valence-corrected chi connectivity index (χ4v) is 2.37. The number of methoxy groups -OCH3 is 1. The second-order valence-corrected chi connectivity index (χ2v) is 5.60. The summed E-state index contributed by atoms with van der Waals surface area (Å²) in [7, 11) is 3.46. The molecule has 1 aromatic rings. The fourth-order valence-electron chi connectivity index (χ4n) is 1.83. The van der Waals surface area contributed by atoms with Gasteiger partial charge in [0.15, 0.2) is 0 Å². The summed E-state index contributed by atoms with van der Waals surface area (Å²) < 4.78 is 5.98. The highest BCUT2D eigenvalue weighted by Crippen LogP contribution is 2.28. The van der Waals surface area contributed by atoms with Crippen molar-refractivity contribution in [3.8, 4) is 5.75 Å². The fraction of sp³-hybridized carbons (Fsp3) is 0.500. The summed E-state index contributed by atoms with van der Waals surface area (Å²) >= 11 is 3.41. The molecule has 0 heterocycles. The SMILES string of the molecule is CNCC(C(=O)Nc1ccc(OC)c(Br)c1)C(C)C. The number of carbonyl (C=O) groups is 1. The molecule has 0 bridgehead atoms. The van der Waals surface area contributed by atoms with E-state index in [1.807, 2.05) is 39.1 Å². The molecule has 0 saturated carbocycles.